The number of benzene rings is 2. The van der Waals surface area contributed by atoms with Gasteiger partial charge in [-0.25, -0.2) is 0 Å². The standard InChI is InChI=1S/C22H23NO3/c1-22(25,20-13-8-14-26-20)16-23-21(24)15-19(17-9-4-2-5-10-17)18-11-6-3-7-12-18/h2-14,19,25H,15-16H2,1H3,(H,23,24). The van der Waals surface area contributed by atoms with Crippen LogP contribution in [0.25, 0.3) is 0 Å². The Kier molecular flexibility index (Phi) is 5.54. The Morgan fingerprint density at radius 3 is 2.08 bits per heavy atom. The molecule has 26 heavy (non-hydrogen) atoms. The minimum absolute atomic E-state index is 0.0361. The topological polar surface area (TPSA) is 62.5 Å². The van der Waals surface area contributed by atoms with E-state index in [0.717, 1.165) is 11.1 Å². The van der Waals surface area contributed by atoms with Gasteiger partial charge in [-0.15, -0.1) is 0 Å². The summed E-state index contributed by atoms with van der Waals surface area (Å²) >= 11 is 0. The summed E-state index contributed by atoms with van der Waals surface area (Å²) in [5.74, 6) is 0.279. The van der Waals surface area contributed by atoms with Crippen LogP contribution in [0.5, 0.6) is 0 Å². The number of amides is 1. The molecule has 1 atom stereocenters. The van der Waals surface area contributed by atoms with Crippen LogP contribution in [0, 0.1) is 0 Å². The minimum atomic E-state index is -1.24. The zero-order valence-electron chi connectivity index (χ0n) is 14.8. The molecule has 3 rings (SSSR count). The molecule has 0 aliphatic heterocycles. The number of carbonyl (C=O) groups excluding carboxylic acids is 1. The Bertz CT molecular complexity index is 772. The van der Waals surface area contributed by atoms with Gasteiger partial charge in [-0.3, -0.25) is 4.79 Å². The van der Waals surface area contributed by atoms with E-state index in [0.29, 0.717) is 12.2 Å². The van der Waals surface area contributed by atoms with E-state index in [1.54, 1.807) is 19.1 Å². The van der Waals surface area contributed by atoms with Crippen molar-refractivity contribution in [3.05, 3.63) is 95.9 Å². The molecule has 0 aliphatic rings. The molecular weight excluding hydrogens is 326 g/mol. The zero-order chi connectivity index (χ0) is 18.4. The van der Waals surface area contributed by atoms with Crippen LogP contribution in [0.15, 0.2) is 83.5 Å². The monoisotopic (exact) mass is 349 g/mol. The molecule has 2 N–H and O–H groups in total. The average molecular weight is 349 g/mol. The predicted molar refractivity (Wildman–Crippen MR) is 101 cm³/mol. The number of rotatable bonds is 7. The van der Waals surface area contributed by atoms with Crippen LogP contribution in [0.2, 0.25) is 0 Å². The molecule has 1 aromatic heterocycles. The van der Waals surface area contributed by atoms with Crippen LogP contribution in [0.4, 0.5) is 0 Å². The van der Waals surface area contributed by atoms with Gasteiger partial charge in [0.15, 0.2) is 0 Å². The third-order valence-corrected chi connectivity index (χ3v) is 4.48. The maximum absolute atomic E-state index is 12.6. The van der Waals surface area contributed by atoms with Gasteiger partial charge in [-0.2, -0.15) is 0 Å². The van der Waals surface area contributed by atoms with E-state index in [1.165, 1.54) is 6.26 Å². The first-order valence-corrected chi connectivity index (χ1v) is 8.69. The second-order valence-corrected chi connectivity index (χ2v) is 6.61. The minimum Gasteiger partial charge on any atom is -0.466 e. The van der Waals surface area contributed by atoms with E-state index in [1.807, 2.05) is 60.7 Å². The van der Waals surface area contributed by atoms with E-state index >= 15 is 0 Å². The molecule has 0 fully saturated rings. The lowest BCUT2D eigenvalue weighted by molar-refractivity contribution is -0.122. The van der Waals surface area contributed by atoms with E-state index in [4.69, 9.17) is 4.42 Å². The number of hydrogen-bond donors (Lipinski definition) is 2. The van der Waals surface area contributed by atoms with Crippen molar-refractivity contribution >= 4 is 5.91 Å². The van der Waals surface area contributed by atoms with E-state index < -0.39 is 5.60 Å². The third-order valence-electron chi connectivity index (χ3n) is 4.48. The molecule has 1 amide bonds. The molecule has 1 unspecified atom stereocenters. The molecule has 4 nitrogen and oxygen atoms in total. The number of nitrogens with one attached hydrogen (secondary N) is 1. The fourth-order valence-corrected chi connectivity index (χ4v) is 3.00. The highest BCUT2D eigenvalue weighted by Gasteiger charge is 2.27. The van der Waals surface area contributed by atoms with Crippen molar-refractivity contribution < 1.29 is 14.3 Å². The quantitative estimate of drug-likeness (QED) is 0.681. The summed E-state index contributed by atoms with van der Waals surface area (Å²) in [7, 11) is 0. The molecular formula is C22H23NO3. The lowest BCUT2D eigenvalue weighted by atomic mass is 9.88. The summed E-state index contributed by atoms with van der Waals surface area (Å²) in [4.78, 5) is 12.6. The maximum Gasteiger partial charge on any atom is 0.221 e. The van der Waals surface area contributed by atoms with Gasteiger partial charge in [0.1, 0.15) is 11.4 Å². The van der Waals surface area contributed by atoms with E-state index in [9.17, 15) is 9.90 Å². The highest BCUT2D eigenvalue weighted by atomic mass is 16.4. The third kappa shape index (κ3) is 4.41. The van der Waals surface area contributed by atoms with Gasteiger partial charge >= 0.3 is 0 Å². The number of furan rings is 1. The highest BCUT2D eigenvalue weighted by Crippen LogP contribution is 2.28. The molecule has 1 heterocycles. The molecule has 2 aromatic carbocycles. The van der Waals surface area contributed by atoms with Gasteiger partial charge in [0, 0.05) is 12.3 Å². The van der Waals surface area contributed by atoms with Crippen molar-refractivity contribution in [2.45, 2.75) is 24.9 Å². The van der Waals surface area contributed by atoms with Gasteiger partial charge in [0.05, 0.1) is 12.8 Å². The van der Waals surface area contributed by atoms with Crippen LogP contribution in [0.1, 0.15) is 36.1 Å². The van der Waals surface area contributed by atoms with Crippen LogP contribution in [-0.2, 0) is 10.4 Å². The molecule has 0 radical (unpaired) electrons. The first-order valence-electron chi connectivity index (χ1n) is 8.69. The summed E-state index contributed by atoms with van der Waals surface area (Å²) in [6.07, 6.45) is 1.81. The molecule has 134 valence electrons. The van der Waals surface area contributed by atoms with E-state index in [2.05, 4.69) is 5.32 Å². The molecule has 0 aliphatic carbocycles. The Morgan fingerprint density at radius 1 is 1.00 bits per heavy atom. The van der Waals surface area contributed by atoms with Crippen molar-refractivity contribution in [1.82, 2.24) is 5.32 Å². The first-order chi connectivity index (χ1) is 12.6. The van der Waals surface area contributed by atoms with Gasteiger partial charge in [-0.1, -0.05) is 60.7 Å². The summed E-state index contributed by atoms with van der Waals surface area (Å²) in [5, 5.41) is 13.3. The largest absolute Gasteiger partial charge is 0.466 e. The Hall–Kier alpha value is -2.85. The van der Waals surface area contributed by atoms with Gasteiger partial charge in [0.2, 0.25) is 5.91 Å². The Balaban J connectivity index is 1.70. The Labute approximate surface area is 153 Å². The predicted octanol–water partition coefficient (Wildman–Crippen LogP) is 3.83. The second-order valence-electron chi connectivity index (χ2n) is 6.61. The smallest absolute Gasteiger partial charge is 0.221 e. The maximum atomic E-state index is 12.6. The van der Waals surface area contributed by atoms with Crippen LogP contribution in [-0.4, -0.2) is 17.6 Å². The summed E-state index contributed by atoms with van der Waals surface area (Å²) < 4.78 is 5.25. The average Bonchev–Trinajstić information content (AvgIpc) is 3.22. The summed E-state index contributed by atoms with van der Waals surface area (Å²) in [5.41, 5.74) is 0.937. The van der Waals surface area contributed by atoms with Crippen molar-refractivity contribution in [1.29, 1.82) is 0 Å². The van der Waals surface area contributed by atoms with Crippen molar-refractivity contribution in [3.8, 4) is 0 Å². The first kappa shape index (κ1) is 18.0. The lowest BCUT2D eigenvalue weighted by Gasteiger charge is -2.23. The highest BCUT2D eigenvalue weighted by molar-refractivity contribution is 5.77. The molecule has 0 spiro atoms. The number of carbonyl (C=O) groups is 1. The normalized spacial score (nSPS) is 13.3. The van der Waals surface area contributed by atoms with Gasteiger partial charge < -0.3 is 14.8 Å². The number of aliphatic hydroxyl groups is 1. The van der Waals surface area contributed by atoms with Crippen LogP contribution in [0.3, 0.4) is 0 Å². The van der Waals surface area contributed by atoms with Crippen LogP contribution >= 0.6 is 0 Å². The summed E-state index contributed by atoms with van der Waals surface area (Å²) in [6.45, 7) is 1.72. The lowest BCUT2D eigenvalue weighted by Crippen LogP contribution is -2.38. The molecule has 0 bridgehead atoms. The molecule has 3 aromatic rings. The number of hydrogen-bond acceptors (Lipinski definition) is 3. The van der Waals surface area contributed by atoms with Crippen LogP contribution < -0.4 is 5.32 Å². The molecule has 0 saturated carbocycles. The summed E-state index contributed by atoms with van der Waals surface area (Å²) in [6, 6.07) is 23.4. The van der Waals surface area contributed by atoms with Crippen molar-refractivity contribution in [2.75, 3.05) is 6.54 Å². The second kappa shape index (κ2) is 8.02. The molecule has 0 saturated heterocycles. The Morgan fingerprint density at radius 2 is 1.58 bits per heavy atom. The fourth-order valence-electron chi connectivity index (χ4n) is 3.00. The van der Waals surface area contributed by atoms with Gasteiger partial charge in [0.25, 0.3) is 0 Å². The van der Waals surface area contributed by atoms with Gasteiger partial charge in [-0.05, 0) is 30.2 Å². The van der Waals surface area contributed by atoms with E-state index in [-0.39, 0.29) is 18.4 Å². The SMILES string of the molecule is CC(O)(CNC(=O)CC(c1ccccc1)c1ccccc1)c1ccco1. The zero-order valence-corrected chi connectivity index (χ0v) is 14.8. The van der Waals surface area contributed by atoms with Crippen molar-refractivity contribution in [3.63, 3.8) is 0 Å². The molecule has 4 heteroatoms. The fraction of sp³-hybridized carbons (Fsp3) is 0.227. The van der Waals surface area contributed by atoms with Crippen molar-refractivity contribution in [2.24, 2.45) is 0 Å².